The molecule has 4 rings (SSSR count). The zero-order valence-corrected chi connectivity index (χ0v) is 17.4. The Labute approximate surface area is 177 Å². The Kier molecular flexibility index (Phi) is 5.67. The van der Waals surface area contributed by atoms with Crippen molar-refractivity contribution < 1.29 is 31.3 Å². The number of nitrogens with one attached hydrogen (secondary N) is 1. The van der Waals surface area contributed by atoms with E-state index in [9.17, 15) is 22.0 Å². The lowest BCUT2D eigenvalue weighted by Crippen LogP contribution is -2.41. The van der Waals surface area contributed by atoms with Crippen molar-refractivity contribution in [2.75, 3.05) is 26.2 Å². The van der Waals surface area contributed by atoms with Crippen LogP contribution in [0.4, 0.5) is 13.6 Å². The Bertz CT molecular complexity index is 1100. The first-order chi connectivity index (χ1) is 14.7. The van der Waals surface area contributed by atoms with Crippen molar-refractivity contribution >= 4 is 16.1 Å². The summed E-state index contributed by atoms with van der Waals surface area (Å²) in [6.45, 7) is 0.0546. The molecule has 0 radical (unpaired) electrons. The number of halogens is 2. The molecule has 0 saturated heterocycles. The molecule has 0 fully saturated rings. The summed E-state index contributed by atoms with van der Waals surface area (Å²) in [4.78, 5) is 14.0. The van der Waals surface area contributed by atoms with Crippen molar-refractivity contribution in [2.45, 2.75) is 25.0 Å². The molecule has 0 aliphatic carbocycles. The second kappa shape index (κ2) is 8.27. The maximum absolute atomic E-state index is 12.9. The SMILES string of the molecule is Cc1cc(CNC(=O)N2CC3=C(C2)CN(S(=O)(=O)c2ccc(OC(F)F)cc2)C3)on1. The number of amides is 2. The van der Waals surface area contributed by atoms with Crippen molar-refractivity contribution in [2.24, 2.45) is 0 Å². The van der Waals surface area contributed by atoms with E-state index < -0.39 is 16.6 Å². The van der Waals surface area contributed by atoms with E-state index in [-0.39, 0.29) is 36.3 Å². The topological polar surface area (TPSA) is 105 Å². The van der Waals surface area contributed by atoms with Gasteiger partial charge in [-0.2, -0.15) is 13.1 Å². The number of carbonyl (C=O) groups is 1. The van der Waals surface area contributed by atoms with Gasteiger partial charge in [0.2, 0.25) is 10.0 Å². The third-order valence-electron chi connectivity index (χ3n) is 5.06. The van der Waals surface area contributed by atoms with Gasteiger partial charge in [-0.05, 0) is 42.3 Å². The van der Waals surface area contributed by atoms with Crippen LogP contribution >= 0.6 is 0 Å². The van der Waals surface area contributed by atoms with Crippen LogP contribution in [-0.4, -0.2) is 61.6 Å². The number of aromatic nitrogens is 1. The summed E-state index contributed by atoms with van der Waals surface area (Å²) in [5.74, 6) is 0.436. The monoisotopic (exact) mass is 454 g/mol. The Morgan fingerprint density at radius 1 is 1.19 bits per heavy atom. The number of alkyl halides is 2. The van der Waals surface area contributed by atoms with E-state index in [1.165, 1.54) is 28.6 Å². The van der Waals surface area contributed by atoms with Gasteiger partial charge in [0.1, 0.15) is 5.75 Å². The minimum atomic E-state index is -3.80. The number of aryl methyl sites for hydroxylation is 1. The van der Waals surface area contributed by atoms with Crippen molar-refractivity contribution in [1.29, 1.82) is 0 Å². The largest absolute Gasteiger partial charge is 0.435 e. The van der Waals surface area contributed by atoms with Gasteiger partial charge in [-0.15, -0.1) is 0 Å². The van der Waals surface area contributed by atoms with Gasteiger partial charge in [-0.25, -0.2) is 13.2 Å². The fourth-order valence-corrected chi connectivity index (χ4v) is 5.01. The maximum atomic E-state index is 12.9. The molecule has 0 unspecified atom stereocenters. The molecule has 0 bridgehead atoms. The molecule has 166 valence electrons. The molecule has 3 heterocycles. The molecule has 31 heavy (non-hydrogen) atoms. The summed E-state index contributed by atoms with van der Waals surface area (Å²) in [5.41, 5.74) is 2.49. The highest BCUT2D eigenvalue weighted by Crippen LogP contribution is 2.30. The minimum absolute atomic E-state index is 0.00719. The van der Waals surface area contributed by atoms with Crippen molar-refractivity contribution in [3.8, 4) is 5.75 Å². The predicted molar refractivity (Wildman–Crippen MR) is 104 cm³/mol. The van der Waals surface area contributed by atoms with Crippen LogP contribution in [0.1, 0.15) is 11.5 Å². The van der Waals surface area contributed by atoms with Gasteiger partial charge in [-0.1, -0.05) is 5.16 Å². The lowest BCUT2D eigenvalue weighted by atomic mass is 10.2. The van der Waals surface area contributed by atoms with Crippen LogP contribution in [0.3, 0.4) is 0 Å². The molecular weight excluding hydrogens is 434 g/mol. The summed E-state index contributed by atoms with van der Waals surface area (Å²) in [6.07, 6.45) is 0. The summed E-state index contributed by atoms with van der Waals surface area (Å²) in [5, 5.41) is 6.52. The maximum Gasteiger partial charge on any atom is 0.387 e. The standard InChI is InChI=1S/C19H20F2N4O5S/c1-12-6-16(30-23-12)7-22-19(26)24-8-13-10-25(11-14(13)9-24)31(27,28)17-4-2-15(3-5-17)29-18(20)21/h2-6,18H,7-11H2,1H3,(H,22,26). The first kappa shape index (κ1) is 21.2. The second-order valence-corrected chi connectivity index (χ2v) is 9.22. The predicted octanol–water partition coefficient (Wildman–Crippen LogP) is 2.11. The van der Waals surface area contributed by atoms with Gasteiger partial charge >= 0.3 is 12.6 Å². The van der Waals surface area contributed by atoms with E-state index in [4.69, 9.17) is 4.52 Å². The Morgan fingerprint density at radius 3 is 2.39 bits per heavy atom. The van der Waals surface area contributed by atoms with Gasteiger partial charge in [0.15, 0.2) is 5.76 Å². The smallest absolute Gasteiger partial charge is 0.387 e. The Morgan fingerprint density at radius 2 is 1.84 bits per heavy atom. The first-order valence-electron chi connectivity index (χ1n) is 9.42. The quantitative estimate of drug-likeness (QED) is 0.671. The lowest BCUT2D eigenvalue weighted by Gasteiger charge is -2.23. The van der Waals surface area contributed by atoms with E-state index in [1.54, 1.807) is 17.9 Å². The number of rotatable bonds is 6. The van der Waals surface area contributed by atoms with Crippen LogP contribution in [-0.2, 0) is 16.6 Å². The molecule has 0 saturated carbocycles. The van der Waals surface area contributed by atoms with Crippen LogP contribution < -0.4 is 10.1 Å². The molecule has 9 nitrogen and oxygen atoms in total. The number of sulfonamides is 1. The lowest BCUT2D eigenvalue weighted by molar-refractivity contribution is -0.0498. The molecular formula is C19H20F2N4O5S. The van der Waals surface area contributed by atoms with E-state index in [1.807, 2.05) is 0 Å². The van der Waals surface area contributed by atoms with Crippen LogP contribution in [0.2, 0.25) is 0 Å². The molecule has 2 aromatic rings. The number of hydrogen-bond acceptors (Lipinski definition) is 6. The molecule has 1 aromatic heterocycles. The van der Waals surface area contributed by atoms with Gasteiger partial charge in [-0.3, -0.25) is 0 Å². The molecule has 1 N–H and O–H groups in total. The summed E-state index contributed by atoms with van der Waals surface area (Å²) in [7, 11) is -3.80. The van der Waals surface area contributed by atoms with Crippen molar-refractivity contribution in [3.63, 3.8) is 0 Å². The Balaban J connectivity index is 1.33. The number of ether oxygens (including phenoxy) is 1. The normalized spacial score (nSPS) is 16.8. The summed E-state index contributed by atoms with van der Waals surface area (Å²) in [6, 6.07) is 6.32. The third-order valence-corrected chi connectivity index (χ3v) is 6.87. The average molecular weight is 454 g/mol. The van der Waals surface area contributed by atoms with Crippen LogP contribution in [0.15, 0.2) is 50.9 Å². The van der Waals surface area contributed by atoms with Crippen LogP contribution in [0.5, 0.6) is 5.75 Å². The fraction of sp³-hybridized carbons (Fsp3) is 0.368. The second-order valence-electron chi connectivity index (χ2n) is 7.28. The fourth-order valence-electron chi connectivity index (χ4n) is 3.58. The number of nitrogens with zero attached hydrogens (tertiary/aromatic N) is 3. The molecule has 0 atom stereocenters. The Hall–Kier alpha value is -2.99. The van der Waals surface area contributed by atoms with Gasteiger partial charge in [0, 0.05) is 32.2 Å². The van der Waals surface area contributed by atoms with E-state index in [2.05, 4.69) is 15.2 Å². The van der Waals surface area contributed by atoms with E-state index >= 15 is 0 Å². The van der Waals surface area contributed by atoms with Crippen molar-refractivity contribution in [3.05, 3.63) is 52.9 Å². The van der Waals surface area contributed by atoms with E-state index in [0.29, 0.717) is 18.8 Å². The number of benzene rings is 1. The van der Waals surface area contributed by atoms with Crippen LogP contribution in [0.25, 0.3) is 0 Å². The number of hydrogen-bond donors (Lipinski definition) is 1. The highest BCUT2D eigenvalue weighted by atomic mass is 32.2. The molecule has 2 aliphatic heterocycles. The zero-order chi connectivity index (χ0) is 22.2. The number of urea groups is 1. The average Bonchev–Trinajstić information content (AvgIpc) is 3.41. The van der Waals surface area contributed by atoms with Crippen LogP contribution in [0, 0.1) is 6.92 Å². The number of carbonyl (C=O) groups excluding carboxylic acids is 1. The third kappa shape index (κ3) is 4.54. The van der Waals surface area contributed by atoms with Gasteiger partial charge < -0.3 is 19.5 Å². The first-order valence-corrected chi connectivity index (χ1v) is 10.9. The highest BCUT2D eigenvalue weighted by Gasteiger charge is 2.37. The van der Waals surface area contributed by atoms with Gasteiger partial charge in [0.25, 0.3) is 0 Å². The van der Waals surface area contributed by atoms with Gasteiger partial charge in [0.05, 0.1) is 17.1 Å². The zero-order valence-electron chi connectivity index (χ0n) is 16.5. The summed E-state index contributed by atoms with van der Waals surface area (Å²) >= 11 is 0. The highest BCUT2D eigenvalue weighted by molar-refractivity contribution is 7.89. The molecule has 0 spiro atoms. The van der Waals surface area contributed by atoms with E-state index in [0.717, 1.165) is 16.8 Å². The molecule has 12 heteroatoms. The summed E-state index contributed by atoms with van der Waals surface area (Å²) < 4.78 is 60.9. The van der Waals surface area contributed by atoms with Crippen molar-refractivity contribution in [1.82, 2.24) is 19.7 Å². The molecule has 1 aromatic carbocycles. The molecule has 2 amide bonds. The molecule has 2 aliphatic rings. The minimum Gasteiger partial charge on any atom is -0.435 e.